The van der Waals surface area contributed by atoms with E-state index in [1.165, 1.54) is 29.7 Å². The van der Waals surface area contributed by atoms with Gasteiger partial charge in [0.2, 0.25) is 0 Å². The van der Waals surface area contributed by atoms with Crippen molar-refractivity contribution in [1.82, 2.24) is 14.9 Å². The van der Waals surface area contributed by atoms with E-state index in [1.807, 2.05) is 19.6 Å². The number of nitrogens with one attached hydrogen (secondary N) is 1. The average Bonchev–Trinajstić information content (AvgIpc) is 3.14. The number of rotatable bonds is 5. The molecule has 0 saturated heterocycles. The second-order valence-corrected chi connectivity index (χ2v) is 4.93. The topological polar surface area (TPSA) is 29.9 Å². The van der Waals surface area contributed by atoms with Gasteiger partial charge in [-0.15, -0.1) is 0 Å². The fraction of sp³-hybridized carbons (Fsp3) is 0.400. The lowest BCUT2D eigenvalue weighted by Crippen LogP contribution is -2.11. The summed E-state index contributed by atoms with van der Waals surface area (Å²) >= 11 is 0. The van der Waals surface area contributed by atoms with Crippen LogP contribution in [0.3, 0.4) is 0 Å². The largest absolute Gasteiger partial charge is 0.327 e. The van der Waals surface area contributed by atoms with E-state index in [2.05, 4.69) is 39.1 Å². The zero-order chi connectivity index (χ0) is 12.4. The zero-order valence-corrected chi connectivity index (χ0v) is 10.8. The number of aromatic nitrogens is 2. The number of benzene rings is 1. The van der Waals surface area contributed by atoms with Crippen molar-refractivity contribution < 1.29 is 0 Å². The van der Waals surface area contributed by atoms with Crippen LogP contribution in [0, 0.1) is 0 Å². The summed E-state index contributed by atoms with van der Waals surface area (Å²) in [4.78, 5) is 4.33. The molecule has 3 heteroatoms. The van der Waals surface area contributed by atoms with Gasteiger partial charge >= 0.3 is 0 Å². The van der Waals surface area contributed by atoms with Gasteiger partial charge in [0.25, 0.3) is 0 Å². The molecule has 2 aromatic rings. The summed E-state index contributed by atoms with van der Waals surface area (Å²) in [5.41, 5.74) is 4.00. The number of hydrogen-bond donors (Lipinski definition) is 1. The molecule has 1 heterocycles. The van der Waals surface area contributed by atoms with Crippen LogP contribution >= 0.6 is 0 Å². The zero-order valence-electron chi connectivity index (χ0n) is 10.8. The Morgan fingerprint density at radius 2 is 2.17 bits per heavy atom. The summed E-state index contributed by atoms with van der Waals surface area (Å²) < 4.78 is 2.33. The first-order valence-corrected chi connectivity index (χ1v) is 6.65. The normalized spacial score (nSPS) is 14.9. The minimum absolute atomic E-state index is 0.680. The SMILES string of the molecule is CNCCc1ccccc1-c1cncn1C1CC1. The fourth-order valence-corrected chi connectivity index (χ4v) is 2.40. The van der Waals surface area contributed by atoms with Crippen LogP contribution in [0.5, 0.6) is 0 Å². The molecule has 0 amide bonds. The molecule has 1 aliphatic rings. The van der Waals surface area contributed by atoms with E-state index >= 15 is 0 Å². The summed E-state index contributed by atoms with van der Waals surface area (Å²) in [6, 6.07) is 9.34. The van der Waals surface area contributed by atoms with E-state index in [-0.39, 0.29) is 0 Å². The first kappa shape index (κ1) is 11.5. The third-order valence-electron chi connectivity index (χ3n) is 3.54. The Morgan fingerprint density at radius 1 is 1.33 bits per heavy atom. The molecule has 1 aromatic heterocycles. The second kappa shape index (κ2) is 4.94. The summed E-state index contributed by atoms with van der Waals surface area (Å²) in [5.74, 6) is 0. The summed E-state index contributed by atoms with van der Waals surface area (Å²) in [7, 11) is 2.00. The Balaban J connectivity index is 1.97. The van der Waals surface area contributed by atoms with E-state index in [9.17, 15) is 0 Å². The molecule has 0 unspecified atom stereocenters. The van der Waals surface area contributed by atoms with E-state index in [4.69, 9.17) is 0 Å². The van der Waals surface area contributed by atoms with Crippen molar-refractivity contribution in [3.8, 4) is 11.3 Å². The Morgan fingerprint density at radius 3 is 2.94 bits per heavy atom. The van der Waals surface area contributed by atoms with Crippen molar-refractivity contribution in [2.75, 3.05) is 13.6 Å². The molecule has 3 nitrogen and oxygen atoms in total. The lowest BCUT2D eigenvalue weighted by molar-refractivity contribution is 0.745. The van der Waals surface area contributed by atoms with Gasteiger partial charge in [-0.1, -0.05) is 24.3 Å². The lowest BCUT2D eigenvalue weighted by Gasteiger charge is -2.11. The number of likely N-dealkylation sites (N-methyl/N-ethyl adjacent to an activating group) is 1. The van der Waals surface area contributed by atoms with Crippen molar-refractivity contribution in [3.05, 3.63) is 42.4 Å². The van der Waals surface area contributed by atoms with Gasteiger partial charge in [0, 0.05) is 11.6 Å². The molecule has 18 heavy (non-hydrogen) atoms. The molecule has 0 spiro atoms. The number of nitrogens with zero attached hydrogens (tertiary/aromatic N) is 2. The minimum atomic E-state index is 0.680. The minimum Gasteiger partial charge on any atom is -0.327 e. The molecule has 94 valence electrons. The molecule has 1 aromatic carbocycles. The van der Waals surface area contributed by atoms with Crippen LogP contribution < -0.4 is 5.32 Å². The van der Waals surface area contributed by atoms with Crippen LogP contribution in [-0.2, 0) is 6.42 Å². The predicted molar refractivity (Wildman–Crippen MR) is 73.6 cm³/mol. The Hall–Kier alpha value is -1.61. The Labute approximate surface area is 108 Å². The molecule has 1 N–H and O–H groups in total. The second-order valence-electron chi connectivity index (χ2n) is 4.93. The third kappa shape index (κ3) is 2.18. The highest BCUT2D eigenvalue weighted by atomic mass is 15.1. The van der Waals surface area contributed by atoms with Gasteiger partial charge in [0.1, 0.15) is 0 Å². The highest BCUT2D eigenvalue weighted by Gasteiger charge is 2.26. The van der Waals surface area contributed by atoms with Crippen LogP contribution in [0.4, 0.5) is 0 Å². The highest BCUT2D eigenvalue weighted by molar-refractivity contribution is 5.64. The van der Waals surface area contributed by atoms with Crippen molar-refractivity contribution in [1.29, 1.82) is 0 Å². The summed E-state index contributed by atoms with van der Waals surface area (Å²) in [5, 5.41) is 3.22. The van der Waals surface area contributed by atoms with E-state index in [0.717, 1.165) is 13.0 Å². The van der Waals surface area contributed by atoms with Gasteiger partial charge in [0.15, 0.2) is 0 Å². The molecule has 1 fully saturated rings. The van der Waals surface area contributed by atoms with Crippen LogP contribution in [0.25, 0.3) is 11.3 Å². The predicted octanol–water partition coefficient (Wildman–Crippen LogP) is 2.65. The van der Waals surface area contributed by atoms with Gasteiger partial charge in [-0.3, -0.25) is 0 Å². The highest BCUT2D eigenvalue weighted by Crippen LogP contribution is 2.38. The third-order valence-corrected chi connectivity index (χ3v) is 3.54. The monoisotopic (exact) mass is 241 g/mol. The van der Waals surface area contributed by atoms with Crippen LogP contribution in [0.1, 0.15) is 24.4 Å². The molecule has 1 aliphatic carbocycles. The Kier molecular flexibility index (Phi) is 3.15. The maximum Gasteiger partial charge on any atom is 0.0953 e. The van der Waals surface area contributed by atoms with Crippen LogP contribution in [0.2, 0.25) is 0 Å². The van der Waals surface area contributed by atoms with Gasteiger partial charge in [-0.05, 0) is 38.4 Å². The Bertz CT molecular complexity index is 526. The average molecular weight is 241 g/mol. The standard InChI is InChI=1S/C15H19N3/c1-16-9-8-12-4-2-3-5-14(12)15-10-17-11-18(15)13-6-7-13/h2-5,10-11,13,16H,6-9H2,1H3. The van der Waals surface area contributed by atoms with Crippen LogP contribution in [-0.4, -0.2) is 23.1 Å². The maximum atomic E-state index is 4.33. The lowest BCUT2D eigenvalue weighted by atomic mass is 10.0. The van der Waals surface area contributed by atoms with E-state index in [0.29, 0.717) is 6.04 Å². The quantitative estimate of drug-likeness (QED) is 0.872. The number of imidazole rings is 1. The van der Waals surface area contributed by atoms with Gasteiger partial charge < -0.3 is 9.88 Å². The maximum absolute atomic E-state index is 4.33. The summed E-state index contributed by atoms with van der Waals surface area (Å²) in [6.07, 6.45) is 7.62. The molecule has 0 radical (unpaired) electrons. The van der Waals surface area contributed by atoms with Crippen molar-refractivity contribution in [3.63, 3.8) is 0 Å². The molecule has 0 atom stereocenters. The van der Waals surface area contributed by atoms with E-state index < -0.39 is 0 Å². The molecular formula is C15H19N3. The smallest absolute Gasteiger partial charge is 0.0953 e. The summed E-state index contributed by atoms with van der Waals surface area (Å²) in [6.45, 7) is 1.01. The molecule has 0 bridgehead atoms. The molecule has 3 rings (SSSR count). The van der Waals surface area contributed by atoms with Crippen molar-refractivity contribution in [2.24, 2.45) is 0 Å². The molecular weight excluding hydrogens is 222 g/mol. The first-order valence-electron chi connectivity index (χ1n) is 6.65. The van der Waals surface area contributed by atoms with Crippen molar-refractivity contribution >= 4 is 0 Å². The van der Waals surface area contributed by atoms with Gasteiger partial charge in [-0.2, -0.15) is 0 Å². The first-order chi connectivity index (χ1) is 8.90. The van der Waals surface area contributed by atoms with Gasteiger partial charge in [0.05, 0.1) is 18.2 Å². The van der Waals surface area contributed by atoms with Gasteiger partial charge in [-0.25, -0.2) is 4.98 Å². The number of hydrogen-bond acceptors (Lipinski definition) is 2. The fourth-order valence-electron chi connectivity index (χ4n) is 2.40. The van der Waals surface area contributed by atoms with Crippen molar-refractivity contribution in [2.45, 2.75) is 25.3 Å². The van der Waals surface area contributed by atoms with Crippen LogP contribution in [0.15, 0.2) is 36.8 Å². The molecule has 1 saturated carbocycles. The molecule has 0 aliphatic heterocycles. The van der Waals surface area contributed by atoms with E-state index in [1.54, 1.807) is 0 Å².